The molecule has 0 saturated carbocycles. The van der Waals surface area contributed by atoms with Crippen LogP contribution in [0.5, 0.6) is 0 Å². The number of rotatable bonds is 3. The second kappa shape index (κ2) is 6.68. The van der Waals surface area contributed by atoms with Crippen molar-refractivity contribution in [2.75, 3.05) is 0 Å². The van der Waals surface area contributed by atoms with Gasteiger partial charge >= 0.3 is 0 Å². The van der Waals surface area contributed by atoms with Gasteiger partial charge in [0.1, 0.15) is 0 Å². The molecule has 1 aliphatic rings. The SMILES string of the molecule is Cc1cccc(C(NN)C2=CCCCCC2)c1I. The monoisotopic (exact) mass is 356 g/mol. The molecule has 0 spiro atoms. The zero-order valence-corrected chi connectivity index (χ0v) is 13.0. The summed E-state index contributed by atoms with van der Waals surface area (Å²) >= 11 is 2.43. The molecule has 0 saturated heterocycles. The maximum absolute atomic E-state index is 5.81. The molecule has 1 aromatic rings. The molecule has 1 unspecified atom stereocenters. The molecule has 1 aliphatic carbocycles. The van der Waals surface area contributed by atoms with Crippen molar-refractivity contribution in [3.05, 3.63) is 44.5 Å². The van der Waals surface area contributed by atoms with Crippen LogP contribution in [0.3, 0.4) is 0 Å². The molecular formula is C15H21IN2. The zero-order chi connectivity index (χ0) is 13.0. The minimum atomic E-state index is 0.176. The summed E-state index contributed by atoms with van der Waals surface area (Å²) in [5.41, 5.74) is 7.10. The molecule has 0 radical (unpaired) electrons. The molecule has 18 heavy (non-hydrogen) atoms. The summed E-state index contributed by atoms with van der Waals surface area (Å²) in [7, 11) is 0. The second-order valence-corrected chi connectivity index (χ2v) is 6.03. The smallest absolute Gasteiger partial charge is 0.0680 e. The molecule has 0 amide bonds. The summed E-state index contributed by atoms with van der Waals surface area (Å²) in [6.07, 6.45) is 8.67. The van der Waals surface area contributed by atoms with Crippen molar-refractivity contribution in [3.8, 4) is 0 Å². The van der Waals surface area contributed by atoms with Gasteiger partial charge in [0.05, 0.1) is 6.04 Å². The highest BCUT2D eigenvalue weighted by molar-refractivity contribution is 14.1. The Morgan fingerprint density at radius 1 is 1.28 bits per heavy atom. The molecule has 0 fully saturated rings. The highest BCUT2D eigenvalue weighted by Crippen LogP contribution is 2.32. The van der Waals surface area contributed by atoms with Crippen LogP contribution in [0, 0.1) is 10.5 Å². The Bertz CT molecular complexity index is 440. The highest BCUT2D eigenvalue weighted by atomic mass is 127. The van der Waals surface area contributed by atoms with Gasteiger partial charge in [0, 0.05) is 3.57 Å². The molecular weight excluding hydrogens is 335 g/mol. The summed E-state index contributed by atoms with van der Waals surface area (Å²) < 4.78 is 1.32. The average Bonchev–Trinajstić information content (AvgIpc) is 2.64. The van der Waals surface area contributed by atoms with Crippen LogP contribution < -0.4 is 11.3 Å². The summed E-state index contributed by atoms with van der Waals surface area (Å²) in [6.45, 7) is 2.15. The van der Waals surface area contributed by atoms with Gasteiger partial charge in [0.2, 0.25) is 0 Å². The van der Waals surface area contributed by atoms with Crippen LogP contribution in [0.25, 0.3) is 0 Å². The predicted molar refractivity (Wildman–Crippen MR) is 85.1 cm³/mol. The van der Waals surface area contributed by atoms with Crippen molar-refractivity contribution in [1.82, 2.24) is 5.43 Å². The van der Waals surface area contributed by atoms with Crippen LogP contribution in [-0.4, -0.2) is 0 Å². The lowest BCUT2D eigenvalue weighted by Gasteiger charge is -2.22. The third kappa shape index (κ3) is 3.13. The van der Waals surface area contributed by atoms with Crippen LogP contribution >= 0.6 is 22.6 Å². The molecule has 2 nitrogen and oxygen atoms in total. The fourth-order valence-corrected chi connectivity index (χ4v) is 3.26. The fourth-order valence-electron chi connectivity index (χ4n) is 2.59. The summed E-state index contributed by atoms with van der Waals surface area (Å²) in [5.74, 6) is 5.81. The van der Waals surface area contributed by atoms with Crippen molar-refractivity contribution in [2.24, 2.45) is 5.84 Å². The number of halogens is 1. The van der Waals surface area contributed by atoms with E-state index in [-0.39, 0.29) is 6.04 Å². The van der Waals surface area contributed by atoms with Crippen molar-refractivity contribution in [1.29, 1.82) is 0 Å². The summed E-state index contributed by atoms with van der Waals surface area (Å²) in [4.78, 5) is 0. The van der Waals surface area contributed by atoms with Gasteiger partial charge in [-0.25, -0.2) is 5.43 Å². The number of hydrazine groups is 1. The maximum atomic E-state index is 5.81. The van der Waals surface area contributed by atoms with Gasteiger partial charge < -0.3 is 0 Å². The van der Waals surface area contributed by atoms with Crippen LogP contribution in [-0.2, 0) is 0 Å². The number of hydrogen-bond acceptors (Lipinski definition) is 2. The lowest BCUT2D eigenvalue weighted by molar-refractivity contribution is 0.590. The van der Waals surface area contributed by atoms with Crippen LogP contribution in [0.15, 0.2) is 29.8 Å². The molecule has 3 N–H and O–H groups in total. The minimum absolute atomic E-state index is 0.176. The molecule has 0 aromatic heterocycles. The van der Waals surface area contributed by atoms with E-state index in [1.165, 1.54) is 52.4 Å². The molecule has 3 heteroatoms. The molecule has 0 bridgehead atoms. The lowest BCUT2D eigenvalue weighted by atomic mass is 9.94. The van der Waals surface area contributed by atoms with Crippen LogP contribution in [0.2, 0.25) is 0 Å². The largest absolute Gasteiger partial charge is 0.271 e. The quantitative estimate of drug-likeness (QED) is 0.372. The van der Waals surface area contributed by atoms with E-state index in [1.807, 2.05) is 0 Å². The molecule has 98 valence electrons. The minimum Gasteiger partial charge on any atom is -0.271 e. The molecule has 2 rings (SSSR count). The maximum Gasteiger partial charge on any atom is 0.0680 e. The van der Waals surface area contributed by atoms with E-state index in [0.717, 1.165) is 0 Å². The van der Waals surface area contributed by atoms with E-state index in [0.29, 0.717) is 0 Å². The fraction of sp³-hybridized carbons (Fsp3) is 0.467. The molecule has 1 atom stereocenters. The van der Waals surface area contributed by atoms with E-state index in [1.54, 1.807) is 0 Å². The second-order valence-electron chi connectivity index (χ2n) is 4.96. The van der Waals surface area contributed by atoms with Crippen molar-refractivity contribution in [3.63, 3.8) is 0 Å². The van der Waals surface area contributed by atoms with Gasteiger partial charge in [0.15, 0.2) is 0 Å². The first-order valence-corrected chi connectivity index (χ1v) is 7.72. The van der Waals surface area contributed by atoms with E-state index >= 15 is 0 Å². The zero-order valence-electron chi connectivity index (χ0n) is 10.9. The lowest BCUT2D eigenvalue weighted by Crippen LogP contribution is -2.30. The third-order valence-corrected chi connectivity index (χ3v) is 5.12. The van der Waals surface area contributed by atoms with Gasteiger partial charge in [-0.2, -0.15) is 0 Å². The van der Waals surface area contributed by atoms with Gasteiger partial charge in [0.25, 0.3) is 0 Å². The first-order chi connectivity index (χ1) is 8.74. The number of benzene rings is 1. The Morgan fingerprint density at radius 3 is 2.89 bits per heavy atom. The topological polar surface area (TPSA) is 38.0 Å². The van der Waals surface area contributed by atoms with E-state index in [4.69, 9.17) is 5.84 Å². The highest BCUT2D eigenvalue weighted by Gasteiger charge is 2.19. The van der Waals surface area contributed by atoms with Crippen molar-refractivity contribution < 1.29 is 0 Å². The normalized spacial score (nSPS) is 18.1. The predicted octanol–water partition coefficient (Wildman–Crippen LogP) is 3.99. The Morgan fingerprint density at radius 2 is 2.11 bits per heavy atom. The summed E-state index contributed by atoms with van der Waals surface area (Å²) in [5, 5.41) is 0. The number of nitrogens with one attached hydrogen (secondary N) is 1. The average molecular weight is 356 g/mol. The third-order valence-electron chi connectivity index (χ3n) is 3.65. The van der Waals surface area contributed by atoms with Crippen molar-refractivity contribution in [2.45, 2.75) is 45.1 Å². The first kappa shape index (κ1) is 14.0. The number of hydrogen-bond donors (Lipinski definition) is 2. The number of allylic oxidation sites excluding steroid dienone is 1. The van der Waals surface area contributed by atoms with Gasteiger partial charge in [-0.1, -0.05) is 36.3 Å². The van der Waals surface area contributed by atoms with Gasteiger partial charge in [-0.3, -0.25) is 5.84 Å². The standard InChI is InChI=1S/C15H21IN2/c1-11-7-6-10-13(14(11)16)15(18-17)12-8-4-2-3-5-9-12/h6-8,10,15,18H,2-5,9,17H2,1H3. The molecule has 0 heterocycles. The Hall–Kier alpha value is -0.390. The van der Waals surface area contributed by atoms with Crippen LogP contribution in [0.1, 0.15) is 49.3 Å². The van der Waals surface area contributed by atoms with E-state index in [2.05, 4.69) is 59.2 Å². The van der Waals surface area contributed by atoms with E-state index in [9.17, 15) is 0 Å². The molecule has 1 aromatic carbocycles. The number of nitrogens with two attached hydrogens (primary N) is 1. The van der Waals surface area contributed by atoms with Gasteiger partial charge in [-0.15, -0.1) is 0 Å². The van der Waals surface area contributed by atoms with Crippen molar-refractivity contribution >= 4 is 22.6 Å². The van der Waals surface area contributed by atoms with Gasteiger partial charge in [-0.05, 0) is 66.3 Å². The Kier molecular flexibility index (Phi) is 5.21. The first-order valence-electron chi connectivity index (χ1n) is 6.64. The van der Waals surface area contributed by atoms with E-state index < -0.39 is 0 Å². The van der Waals surface area contributed by atoms with Crippen LogP contribution in [0.4, 0.5) is 0 Å². The number of aryl methyl sites for hydroxylation is 1. The summed E-state index contributed by atoms with van der Waals surface area (Å²) in [6, 6.07) is 6.63. The molecule has 0 aliphatic heterocycles. The Balaban J connectivity index is 2.32. The Labute approximate surface area is 123 Å².